The van der Waals surface area contributed by atoms with Crippen molar-refractivity contribution in [2.75, 3.05) is 6.54 Å². The second kappa shape index (κ2) is 6.04. The van der Waals surface area contributed by atoms with Gasteiger partial charge in [0.2, 0.25) is 0 Å². The van der Waals surface area contributed by atoms with Crippen molar-refractivity contribution in [3.8, 4) is 0 Å². The van der Waals surface area contributed by atoms with Crippen LogP contribution in [0, 0.1) is 18.2 Å². The molecule has 0 aliphatic heterocycles. The molecule has 0 radical (unpaired) electrons. The fourth-order valence-corrected chi connectivity index (χ4v) is 3.22. The Labute approximate surface area is 116 Å². The monoisotopic (exact) mass is 263 g/mol. The predicted molar refractivity (Wildman–Crippen MR) is 78.9 cm³/mol. The minimum Gasteiger partial charge on any atom is -0.314 e. The predicted octanol–water partition coefficient (Wildman–Crippen LogP) is 4.24. The molecule has 2 heteroatoms. The fourth-order valence-electron chi connectivity index (χ4n) is 3.22. The average molecular weight is 263 g/mol. The van der Waals surface area contributed by atoms with Crippen LogP contribution in [0.5, 0.6) is 0 Å². The third-order valence-electron chi connectivity index (χ3n) is 4.42. The van der Waals surface area contributed by atoms with Gasteiger partial charge in [-0.1, -0.05) is 32.8 Å². The van der Waals surface area contributed by atoms with Crippen LogP contribution in [0.1, 0.15) is 50.7 Å². The second-order valence-electron chi connectivity index (χ2n) is 6.49. The van der Waals surface area contributed by atoms with Crippen LogP contribution < -0.4 is 5.32 Å². The van der Waals surface area contributed by atoms with Gasteiger partial charge >= 0.3 is 0 Å². The molecule has 1 aromatic carbocycles. The summed E-state index contributed by atoms with van der Waals surface area (Å²) in [5.41, 5.74) is 2.79. The molecular weight excluding hydrogens is 237 g/mol. The summed E-state index contributed by atoms with van der Waals surface area (Å²) >= 11 is 0. The minimum atomic E-state index is -0.123. The minimum absolute atomic E-state index is 0.123. The maximum atomic E-state index is 13.2. The first-order chi connectivity index (χ1) is 9.01. The van der Waals surface area contributed by atoms with E-state index in [9.17, 15) is 4.39 Å². The highest BCUT2D eigenvalue weighted by atomic mass is 19.1. The fraction of sp³-hybridized carbons (Fsp3) is 0.647. The maximum Gasteiger partial charge on any atom is 0.123 e. The summed E-state index contributed by atoms with van der Waals surface area (Å²) in [7, 11) is 0. The molecule has 0 bridgehead atoms. The number of hydrogen-bond donors (Lipinski definition) is 1. The first-order valence-electron chi connectivity index (χ1n) is 7.49. The molecular formula is C17H26FN. The molecule has 19 heavy (non-hydrogen) atoms. The summed E-state index contributed by atoms with van der Waals surface area (Å²) in [6, 6.07) is 5.77. The maximum absolute atomic E-state index is 13.2. The Hall–Kier alpha value is -0.890. The number of hydrogen-bond acceptors (Lipinski definition) is 1. The summed E-state index contributed by atoms with van der Waals surface area (Å²) in [5.74, 6) is -0.123. The molecule has 0 spiro atoms. The lowest BCUT2D eigenvalue weighted by atomic mass is 9.79. The van der Waals surface area contributed by atoms with Crippen molar-refractivity contribution in [1.29, 1.82) is 0 Å². The molecule has 106 valence electrons. The van der Waals surface area contributed by atoms with Crippen molar-refractivity contribution in [2.24, 2.45) is 5.41 Å². The molecule has 0 amide bonds. The lowest BCUT2D eigenvalue weighted by Crippen LogP contribution is -2.37. The SMILES string of the molecule is Cc1cc(F)ccc1CC1(CNC(C)C)CCCC1. The Balaban J connectivity index is 2.11. The van der Waals surface area contributed by atoms with Gasteiger partial charge in [0.05, 0.1) is 0 Å². The van der Waals surface area contributed by atoms with Crippen LogP contribution in [0.4, 0.5) is 4.39 Å². The highest BCUT2D eigenvalue weighted by molar-refractivity contribution is 5.28. The molecule has 1 N–H and O–H groups in total. The highest BCUT2D eigenvalue weighted by Gasteiger charge is 2.34. The van der Waals surface area contributed by atoms with Crippen LogP contribution in [0.2, 0.25) is 0 Å². The van der Waals surface area contributed by atoms with Gasteiger partial charge < -0.3 is 5.32 Å². The van der Waals surface area contributed by atoms with E-state index in [4.69, 9.17) is 0 Å². The van der Waals surface area contributed by atoms with E-state index in [0.717, 1.165) is 18.5 Å². The number of rotatable bonds is 5. The van der Waals surface area contributed by atoms with Gasteiger partial charge in [0, 0.05) is 12.6 Å². The topological polar surface area (TPSA) is 12.0 Å². The van der Waals surface area contributed by atoms with Gasteiger partial charge in [-0.05, 0) is 54.9 Å². The standard InChI is InChI=1S/C17H26FN/c1-13(2)19-12-17(8-4-5-9-17)11-15-6-7-16(18)10-14(15)3/h6-7,10,13,19H,4-5,8-9,11-12H2,1-3H3. The molecule has 0 heterocycles. The molecule has 0 aromatic heterocycles. The van der Waals surface area contributed by atoms with E-state index in [1.54, 1.807) is 12.1 Å². The molecule has 0 unspecified atom stereocenters. The Bertz CT molecular complexity index is 419. The van der Waals surface area contributed by atoms with Gasteiger partial charge in [-0.3, -0.25) is 0 Å². The summed E-state index contributed by atoms with van der Waals surface area (Å²) in [6.45, 7) is 7.51. The molecule has 1 aromatic rings. The van der Waals surface area contributed by atoms with Crippen molar-refractivity contribution in [2.45, 2.75) is 58.9 Å². The molecule has 1 aliphatic rings. The lowest BCUT2D eigenvalue weighted by molar-refractivity contribution is 0.268. The van der Waals surface area contributed by atoms with Gasteiger partial charge in [0.25, 0.3) is 0 Å². The summed E-state index contributed by atoms with van der Waals surface area (Å²) in [6.07, 6.45) is 6.34. The van der Waals surface area contributed by atoms with Gasteiger partial charge in [-0.15, -0.1) is 0 Å². The summed E-state index contributed by atoms with van der Waals surface area (Å²) in [4.78, 5) is 0. The smallest absolute Gasteiger partial charge is 0.123 e. The molecule has 2 rings (SSSR count). The van der Waals surface area contributed by atoms with Gasteiger partial charge in [0.1, 0.15) is 5.82 Å². The normalized spacial score (nSPS) is 18.2. The zero-order chi connectivity index (χ0) is 13.9. The Morgan fingerprint density at radius 1 is 1.26 bits per heavy atom. The van der Waals surface area contributed by atoms with Crippen LogP contribution in [-0.4, -0.2) is 12.6 Å². The Kier molecular flexibility index (Phi) is 4.62. The Morgan fingerprint density at radius 3 is 2.53 bits per heavy atom. The van der Waals surface area contributed by atoms with Gasteiger partial charge in [0.15, 0.2) is 0 Å². The largest absolute Gasteiger partial charge is 0.314 e. The zero-order valence-electron chi connectivity index (χ0n) is 12.4. The number of benzene rings is 1. The van der Waals surface area contributed by atoms with Crippen LogP contribution >= 0.6 is 0 Å². The van der Waals surface area contributed by atoms with Crippen LogP contribution in [0.3, 0.4) is 0 Å². The second-order valence-corrected chi connectivity index (χ2v) is 6.49. The van der Waals surface area contributed by atoms with Gasteiger partial charge in [-0.25, -0.2) is 4.39 Å². The summed E-state index contributed by atoms with van der Waals surface area (Å²) in [5, 5.41) is 3.61. The number of halogens is 1. The number of aryl methyl sites for hydroxylation is 1. The molecule has 1 fully saturated rings. The molecule has 0 saturated heterocycles. The molecule has 1 nitrogen and oxygen atoms in total. The van der Waals surface area contributed by atoms with E-state index in [2.05, 4.69) is 19.2 Å². The zero-order valence-corrected chi connectivity index (χ0v) is 12.4. The van der Waals surface area contributed by atoms with E-state index in [-0.39, 0.29) is 5.82 Å². The third-order valence-corrected chi connectivity index (χ3v) is 4.42. The van der Waals surface area contributed by atoms with Crippen LogP contribution in [0.25, 0.3) is 0 Å². The Morgan fingerprint density at radius 2 is 1.95 bits per heavy atom. The first kappa shape index (κ1) is 14.5. The first-order valence-corrected chi connectivity index (χ1v) is 7.49. The van der Waals surface area contributed by atoms with Crippen LogP contribution in [0.15, 0.2) is 18.2 Å². The molecule has 0 atom stereocenters. The third kappa shape index (κ3) is 3.79. The van der Waals surface area contributed by atoms with E-state index >= 15 is 0 Å². The van der Waals surface area contributed by atoms with E-state index in [0.29, 0.717) is 11.5 Å². The van der Waals surface area contributed by atoms with E-state index < -0.39 is 0 Å². The van der Waals surface area contributed by atoms with Crippen LogP contribution in [-0.2, 0) is 6.42 Å². The van der Waals surface area contributed by atoms with E-state index in [1.807, 2.05) is 13.0 Å². The summed E-state index contributed by atoms with van der Waals surface area (Å²) < 4.78 is 13.2. The quantitative estimate of drug-likeness (QED) is 0.838. The van der Waals surface area contributed by atoms with Crippen molar-refractivity contribution < 1.29 is 4.39 Å². The van der Waals surface area contributed by atoms with Crippen molar-refractivity contribution >= 4 is 0 Å². The number of nitrogens with one attached hydrogen (secondary N) is 1. The van der Waals surface area contributed by atoms with Crippen molar-refractivity contribution in [3.05, 3.63) is 35.1 Å². The molecule has 1 aliphatic carbocycles. The highest BCUT2D eigenvalue weighted by Crippen LogP contribution is 2.41. The average Bonchev–Trinajstić information content (AvgIpc) is 2.80. The van der Waals surface area contributed by atoms with Crippen molar-refractivity contribution in [1.82, 2.24) is 5.32 Å². The van der Waals surface area contributed by atoms with Crippen molar-refractivity contribution in [3.63, 3.8) is 0 Å². The molecule has 1 saturated carbocycles. The van der Waals surface area contributed by atoms with E-state index in [1.165, 1.54) is 31.2 Å². The van der Waals surface area contributed by atoms with Gasteiger partial charge in [-0.2, -0.15) is 0 Å². The lowest BCUT2D eigenvalue weighted by Gasteiger charge is -2.31.